The summed E-state index contributed by atoms with van der Waals surface area (Å²) in [4.78, 5) is 20.9. The van der Waals surface area contributed by atoms with Crippen LogP contribution in [-0.4, -0.2) is 45.9 Å². The topological polar surface area (TPSA) is 36.4 Å². The maximum absolute atomic E-state index is 12.1. The quantitative estimate of drug-likeness (QED) is 0.857. The summed E-state index contributed by atoms with van der Waals surface area (Å²) in [5.41, 5.74) is 1.43. The van der Waals surface area contributed by atoms with Crippen molar-refractivity contribution in [1.29, 1.82) is 0 Å². The maximum atomic E-state index is 12.1. The van der Waals surface area contributed by atoms with Gasteiger partial charge in [0, 0.05) is 44.0 Å². The average molecular weight is 287 g/mol. The predicted molar refractivity (Wildman–Crippen MR) is 82.7 cm³/mol. The highest BCUT2D eigenvalue weighted by Gasteiger charge is 2.44. The lowest BCUT2D eigenvalue weighted by Gasteiger charge is -2.37. The fourth-order valence-corrected chi connectivity index (χ4v) is 4.05. The van der Waals surface area contributed by atoms with E-state index in [4.69, 9.17) is 0 Å². The van der Waals surface area contributed by atoms with E-state index < -0.39 is 0 Å². The second-order valence-electron chi connectivity index (χ2n) is 6.35. The fraction of sp³-hybridized carbons (Fsp3) is 0.647. The number of carbonyl (C=O) groups is 1. The Morgan fingerprint density at radius 2 is 2.19 bits per heavy atom. The third-order valence-corrected chi connectivity index (χ3v) is 5.13. The van der Waals surface area contributed by atoms with E-state index in [-0.39, 0.29) is 5.54 Å². The molecule has 3 rings (SSSR count). The van der Waals surface area contributed by atoms with Gasteiger partial charge in [-0.2, -0.15) is 0 Å². The van der Waals surface area contributed by atoms with Crippen molar-refractivity contribution in [2.45, 2.75) is 51.1 Å². The molecule has 1 aromatic heterocycles. The van der Waals surface area contributed by atoms with Gasteiger partial charge in [-0.15, -0.1) is 0 Å². The standard InChI is InChI=1S/C17H25N3O/c1-2-20-16(21)6-8-17(20)7-4-11-19(12-9-17)14-15-5-3-10-18-13-15/h3,5,10,13H,2,4,6-9,11-12,14H2,1H3/t17-/m1/s1. The second-order valence-corrected chi connectivity index (χ2v) is 6.35. The molecule has 2 aliphatic heterocycles. The number of aromatic nitrogens is 1. The van der Waals surface area contributed by atoms with Crippen LogP contribution in [-0.2, 0) is 11.3 Å². The van der Waals surface area contributed by atoms with E-state index in [9.17, 15) is 4.79 Å². The number of rotatable bonds is 3. The van der Waals surface area contributed by atoms with Crippen molar-refractivity contribution in [3.63, 3.8) is 0 Å². The molecule has 1 aromatic rings. The average Bonchev–Trinajstić information content (AvgIpc) is 2.68. The molecule has 0 radical (unpaired) electrons. The van der Waals surface area contributed by atoms with Gasteiger partial charge in [0.15, 0.2) is 0 Å². The summed E-state index contributed by atoms with van der Waals surface area (Å²) in [6, 6.07) is 4.15. The Bertz CT molecular complexity index is 490. The summed E-state index contributed by atoms with van der Waals surface area (Å²) >= 11 is 0. The van der Waals surface area contributed by atoms with Gasteiger partial charge in [0.1, 0.15) is 0 Å². The number of likely N-dealkylation sites (tertiary alicyclic amines) is 2. The van der Waals surface area contributed by atoms with E-state index in [1.54, 1.807) is 0 Å². The fourth-order valence-electron chi connectivity index (χ4n) is 4.05. The number of carbonyl (C=O) groups excluding carboxylic acids is 1. The van der Waals surface area contributed by atoms with Gasteiger partial charge < -0.3 is 4.90 Å². The number of amides is 1. The Morgan fingerprint density at radius 1 is 1.29 bits per heavy atom. The molecule has 0 N–H and O–H groups in total. The van der Waals surface area contributed by atoms with Gasteiger partial charge in [0.05, 0.1) is 0 Å². The highest BCUT2D eigenvalue weighted by molar-refractivity contribution is 5.79. The minimum Gasteiger partial charge on any atom is -0.337 e. The molecule has 2 aliphatic rings. The molecule has 0 unspecified atom stereocenters. The minimum absolute atomic E-state index is 0.148. The first-order valence-electron chi connectivity index (χ1n) is 8.15. The summed E-state index contributed by atoms with van der Waals surface area (Å²) < 4.78 is 0. The summed E-state index contributed by atoms with van der Waals surface area (Å²) in [5.74, 6) is 0.359. The van der Waals surface area contributed by atoms with Crippen molar-refractivity contribution in [3.05, 3.63) is 30.1 Å². The van der Waals surface area contributed by atoms with E-state index >= 15 is 0 Å². The van der Waals surface area contributed by atoms with Crippen LogP contribution in [0.4, 0.5) is 0 Å². The Balaban J connectivity index is 1.65. The van der Waals surface area contributed by atoms with Crippen LogP contribution in [0.3, 0.4) is 0 Å². The Labute approximate surface area is 127 Å². The van der Waals surface area contributed by atoms with Crippen molar-refractivity contribution < 1.29 is 4.79 Å². The molecule has 4 heteroatoms. The van der Waals surface area contributed by atoms with E-state index in [2.05, 4.69) is 27.8 Å². The van der Waals surface area contributed by atoms with Crippen LogP contribution in [0.2, 0.25) is 0 Å². The van der Waals surface area contributed by atoms with Gasteiger partial charge in [-0.1, -0.05) is 6.07 Å². The largest absolute Gasteiger partial charge is 0.337 e. The SMILES string of the molecule is CCN1C(=O)CC[C@@]12CCCN(Cc1cccnc1)CC2. The van der Waals surface area contributed by atoms with Crippen molar-refractivity contribution in [1.82, 2.24) is 14.8 Å². The number of hydrogen-bond acceptors (Lipinski definition) is 3. The lowest BCUT2D eigenvalue weighted by Crippen LogP contribution is -2.46. The molecule has 0 aromatic carbocycles. The summed E-state index contributed by atoms with van der Waals surface area (Å²) in [6.45, 7) is 6.16. The second kappa shape index (κ2) is 6.14. The number of hydrogen-bond donors (Lipinski definition) is 0. The lowest BCUT2D eigenvalue weighted by atomic mass is 9.88. The molecule has 114 valence electrons. The molecule has 21 heavy (non-hydrogen) atoms. The van der Waals surface area contributed by atoms with Gasteiger partial charge >= 0.3 is 0 Å². The van der Waals surface area contributed by atoms with Gasteiger partial charge in [0.25, 0.3) is 0 Å². The highest BCUT2D eigenvalue weighted by Crippen LogP contribution is 2.38. The van der Waals surface area contributed by atoms with Gasteiger partial charge in [-0.3, -0.25) is 14.7 Å². The number of pyridine rings is 1. The summed E-state index contributed by atoms with van der Waals surface area (Å²) in [7, 11) is 0. The molecule has 1 spiro atoms. The molecule has 0 saturated carbocycles. The maximum Gasteiger partial charge on any atom is 0.223 e. The Kier molecular flexibility index (Phi) is 4.24. The zero-order valence-corrected chi connectivity index (χ0v) is 12.9. The van der Waals surface area contributed by atoms with Crippen LogP contribution in [0, 0.1) is 0 Å². The van der Waals surface area contributed by atoms with E-state index in [1.165, 1.54) is 12.0 Å². The van der Waals surface area contributed by atoms with Crippen molar-refractivity contribution in [2.75, 3.05) is 19.6 Å². The first-order valence-corrected chi connectivity index (χ1v) is 8.15. The smallest absolute Gasteiger partial charge is 0.223 e. The molecule has 2 fully saturated rings. The van der Waals surface area contributed by atoms with Crippen LogP contribution in [0.25, 0.3) is 0 Å². The third kappa shape index (κ3) is 2.95. The molecule has 1 amide bonds. The number of nitrogens with zero attached hydrogens (tertiary/aromatic N) is 3. The zero-order chi connectivity index (χ0) is 14.7. The van der Waals surface area contributed by atoms with E-state index in [0.717, 1.165) is 51.9 Å². The Morgan fingerprint density at radius 3 is 2.95 bits per heavy atom. The van der Waals surface area contributed by atoms with Crippen molar-refractivity contribution in [3.8, 4) is 0 Å². The molecule has 0 bridgehead atoms. The van der Waals surface area contributed by atoms with Gasteiger partial charge in [0.2, 0.25) is 5.91 Å². The summed E-state index contributed by atoms with van der Waals surface area (Å²) in [5, 5.41) is 0. The molecular weight excluding hydrogens is 262 g/mol. The highest BCUT2D eigenvalue weighted by atomic mass is 16.2. The third-order valence-electron chi connectivity index (χ3n) is 5.13. The van der Waals surface area contributed by atoms with Crippen LogP contribution < -0.4 is 0 Å². The minimum atomic E-state index is 0.148. The summed E-state index contributed by atoms with van der Waals surface area (Å²) in [6.07, 6.45) is 9.05. The van der Waals surface area contributed by atoms with E-state index in [1.807, 2.05) is 18.5 Å². The molecule has 1 atom stereocenters. The van der Waals surface area contributed by atoms with Crippen LogP contribution >= 0.6 is 0 Å². The molecule has 3 heterocycles. The van der Waals surface area contributed by atoms with Crippen molar-refractivity contribution >= 4 is 5.91 Å². The first kappa shape index (κ1) is 14.5. The van der Waals surface area contributed by atoms with E-state index in [0.29, 0.717) is 5.91 Å². The molecule has 4 nitrogen and oxygen atoms in total. The lowest BCUT2D eigenvalue weighted by molar-refractivity contribution is -0.131. The van der Waals surface area contributed by atoms with Crippen molar-refractivity contribution in [2.24, 2.45) is 0 Å². The van der Waals surface area contributed by atoms with Crippen LogP contribution in [0.5, 0.6) is 0 Å². The normalized spacial score (nSPS) is 27.3. The molecule has 0 aliphatic carbocycles. The van der Waals surface area contributed by atoms with Gasteiger partial charge in [-0.05, 0) is 50.8 Å². The first-order chi connectivity index (χ1) is 10.2. The van der Waals surface area contributed by atoms with Crippen LogP contribution in [0.1, 0.15) is 44.6 Å². The van der Waals surface area contributed by atoms with Crippen LogP contribution in [0.15, 0.2) is 24.5 Å². The van der Waals surface area contributed by atoms with Gasteiger partial charge in [-0.25, -0.2) is 0 Å². The molecule has 2 saturated heterocycles. The predicted octanol–water partition coefficient (Wildman–Crippen LogP) is 2.45. The zero-order valence-electron chi connectivity index (χ0n) is 12.9. The monoisotopic (exact) mass is 287 g/mol. The molecular formula is C17H25N3O. The Hall–Kier alpha value is -1.42.